The summed E-state index contributed by atoms with van der Waals surface area (Å²) in [5, 5.41) is -0.484. The Hall–Kier alpha value is -0.980. The minimum absolute atomic E-state index is 0.484. The molecule has 13 heavy (non-hydrogen) atoms. The largest absolute Gasteiger partial charge is 0.420 e. The van der Waals surface area contributed by atoms with E-state index in [4.69, 9.17) is 0 Å². The molecule has 1 aromatic rings. The molecule has 0 saturated heterocycles. The molecule has 1 aromatic heterocycles. The maximum absolute atomic E-state index is 12.2. The zero-order chi connectivity index (χ0) is 10.1. The summed E-state index contributed by atoms with van der Waals surface area (Å²) in [5.41, 5.74) is -1.05. The first kappa shape index (κ1) is 10.1. The number of aromatic nitrogens is 2. The zero-order valence-corrected chi connectivity index (χ0v) is 7.32. The second-order valence-electron chi connectivity index (χ2n) is 2.19. The van der Waals surface area contributed by atoms with Crippen LogP contribution in [-0.2, 0) is 17.0 Å². The SMILES string of the molecule is C[S@](=O)c1ncncc1C(F)(F)F. The Kier molecular flexibility index (Phi) is 2.65. The highest BCUT2D eigenvalue weighted by atomic mass is 32.2. The van der Waals surface area contributed by atoms with E-state index >= 15 is 0 Å². The van der Waals surface area contributed by atoms with Crippen molar-refractivity contribution >= 4 is 10.8 Å². The van der Waals surface area contributed by atoms with E-state index in [0.29, 0.717) is 6.20 Å². The highest BCUT2D eigenvalue weighted by Gasteiger charge is 2.35. The van der Waals surface area contributed by atoms with Gasteiger partial charge in [-0.3, -0.25) is 4.21 Å². The molecule has 0 aliphatic carbocycles. The van der Waals surface area contributed by atoms with Gasteiger partial charge in [-0.05, 0) is 0 Å². The molecule has 0 spiro atoms. The number of hydrogen-bond donors (Lipinski definition) is 0. The van der Waals surface area contributed by atoms with Crippen LogP contribution in [0, 0.1) is 0 Å². The molecule has 0 bridgehead atoms. The third-order valence-electron chi connectivity index (χ3n) is 1.25. The van der Waals surface area contributed by atoms with E-state index in [0.717, 1.165) is 12.6 Å². The second-order valence-corrected chi connectivity index (χ2v) is 3.49. The number of rotatable bonds is 1. The minimum Gasteiger partial charge on any atom is -0.253 e. The zero-order valence-electron chi connectivity index (χ0n) is 6.50. The number of alkyl halides is 3. The molecular formula is C6H5F3N2OS. The van der Waals surface area contributed by atoms with Crippen molar-refractivity contribution in [3.63, 3.8) is 0 Å². The number of hydrogen-bond acceptors (Lipinski definition) is 3. The van der Waals surface area contributed by atoms with Crippen molar-refractivity contribution in [3.8, 4) is 0 Å². The van der Waals surface area contributed by atoms with Crippen LogP contribution in [0.3, 0.4) is 0 Å². The van der Waals surface area contributed by atoms with Crippen LogP contribution in [0.25, 0.3) is 0 Å². The predicted octanol–water partition coefficient (Wildman–Crippen LogP) is 1.23. The monoisotopic (exact) mass is 210 g/mol. The lowest BCUT2D eigenvalue weighted by Gasteiger charge is -2.08. The molecule has 0 fully saturated rings. The summed E-state index contributed by atoms with van der Waals surface area (Å²) in [5.74, 6) is 0. The summed E-state index contributed by atoms with van der Waals surface area (Å²) < 4.78 is 47.4. The Morgan fingerprint density at radius 2 is 2.08 bits per heavy atom. The quantitative estimate of drug-likeness (QED) is 0.655. The normalized spacial score (nSPS) is 14.2. The molecule has 0 aromatic carbocycles. The molecule has 0 aliphatic rings. The number of nitrogens with zero attached hydrogens (tertiary/aromatic N) is 2. The fourth-order valence-electron chi connectivity index (χ4n) is 0.742. The van der Waals surface area contributed by atoms with Crippen molar-refractivity contribution in [1.82, 2.24) is 9.97 Å². The van der Waals surface area contributed by atoms with Crippen LogP contribution in [0.2, 0.25) is 0 Å². The predicted molar refractivity (Wildman–Crippen MR) is 39.4 cm³/mol. The summed E-state index contributed by atoms with van der Waals surface area (Å²) in [6.45, 7) is 0. The molecule has 0 aliphatic heterocycles. The van der Waals surface area contributed by atoms with Crippen molar-refractivity contribution in [1.29, 1.82) is 0 Å². The lowest BCUT2D eigenvalue weighted by molar-refractivity contribution is -0.140. The summed E-state index contributed by atoms with van der Waals surface area (Å²) in [6.07, 6.45) is -1.87. The van der Waals surface area contributed by atoms with E-state index in [-0.39, 0.29) is 0 Å². The third-order valence-corrected chi connectivity index (χ3v) is 2.12. The molecule has 7 heteroatoms. The fraction of sp³-hybridized carbons (Fsp3) is 0.333. The minimum atomic E-state index is -4.55. The third kappa shape index (κ3) is 2.24. The maximum Gasteiger partial charge on any atom is 0.420 e. The molecule has 1 rings (SSSR count). The van der Waals surface area contributed by atoms with Gasteiger partial charge in [0.2, 0.25) is 0 Å². The van der Waals surface area contributed by atoms with Crippen molar-refractivity contribution in [3.05, 3.63) is 18.1 Å². The van der Waals surface area contributed by atoms with Gasteiger partial charge in [-0.25, -0.2) is 9.97 Å². The van der Waals surface area contributed by atoms with Crippen LogP contribution in [0.4, 0.5) is 13.2 Å². The molecule has 1 heterocycles. The molecule has 3 nitrogen and oxygen atoms in total. The van der Waals surface area contributed by atoms with E-state index in [2.05, 4.69) is 9.97 Å². The topological polar surface area (TPSA) is 42.9 Å². The van der Waals surface area contributed by atoms with Crippen LogP contribution in [0.5, 0.6) is 0 Å². The van der Waals surface area contributed by atoms with Gasteiger partial charge in [0.15, 0.2) is 0 Å². The van der Waals surface area contributed by atoms with Crippen molar-refractivity contribution in [2.24, 2.45) is 0 Å². The Labute approximate surface area is 74.5 Å². The molecule has 0 amide bonds. The van der Waals surface area contributed by atoms with E-state index < -0.39 is 27.6 Å². The van der Waals surface area contributed by atoms with E-state index in [1.807, 2.05) is 0 Å². The highest BCUT2D eigenvalue weighted by molar-refractivity contribution is 7.84. The Balaban J connectivity index is 3.28. The molecular weight excluding hydrogens is 205 g/mol. The Morgan fingerprint density at radius 1 is 1.46 bits per heavy atom. The standard InChI is InChI=1S/C6H5F3N2OS/c1-13(12)5-4(6(7,8)9)2-10-3-11-5/h2-3H,1H3/t13-/m0/s1. The van der Waals surface area contributed by atoms with Crippen molar-refractivity contribution in [2.75, 3.05) is 6.26 Å². The summed E-state index contributed by atoms with van der Waals surface area (Å²) in [7, 11) is -1.76. The van der Waals surface area contributed by atoms with Crippen LogP contribution >= 0.6 is 0 Å². The van der Waals surface area contributed by atoms with Crippen LogP contribution < -0.4 is 0 Å². The molecule has 72 valence electrons. The fourth-order valence-corrected chi connectivity index (χ4v) is 1.42. The second kappa shape index (κ2) is 3.41. The van der Waals surface area contributed by atoms with E-state index in [9.17, 15) is 17.4 Å². The highest BCUT2D eigenvalue weighted by Crippen LogP contribution is 2.31. The van der Waals surface area contributed by atoms with Gasteiger partial charge in [-0.2, -0.15) is 13.2 Å². The van der Waals surface area contributed by atoms with Gasteiger partial charge in [-0.1, -0.05) is 0 Å². The maximum atomic E-state index is 12.2. The smallest absolute Gasteiger partial charge is 0.253 e. The average molecular weight is 210 g/mol. The van der Waals surface area contributed by atoms with Crippen LogP contribution in [-0.4, -0.2) is 20.4 Å². The number of halogens is 3. The lowest BCUT2D eigenvalue weighted by Crippen LogP contribution is -2.11. The van der Waals surface area contributed by atoms with Gasteiger partial charge in [0, 0.05) is 12.5 Å². The van der Waals surface area contributed by atoms with E-state index in [1.165, 1.54) is 0 Å². The van der Waals surface area contributed by atoms with Gasteiger partial charge in [0.25, 0.3) is 0 Å². The van der Waals surface area contributed by atoms with Gasteiger partial charge >= 0.3 is 6.18 Å². The van der Waals surface area contributed by atoms with Gasteiger partial charge in [-0.15, -0.1) is 0 Å². The lowest BCUT2D eigenvalue weighted by atomic mass is 10.3. The average Bonchev–Trinajstić information content (AvgIpc) is 2.03. The first-order chi connectivity index (χ1) is 5.93. The van der Waals surface area contributed by atoms with Crippen LogP contribution in [0.1, 0.15) is 5.56 Å². The Bertz CT molecular complexity index is 339. The molecule has 0 saturated carbocycles. The molecule has 1 atom stereocenters. The summed E-state index contributed by atoms with van der Waals surface area (Å²) in [4.78, 5) is 6.54. The van der Waals surface area contributed by atoms with Crippen LogP contribution in [0.15, 0.2) is 17.6 Å². The van der Waals surface area contributed by atoms with Gasteiger partial charge < -0.3 is 0 Å². The summed E-state index contributed by atoms with van der Waals surface area (Å²) >= 11 is 0. The first-order valence-corrected chi connectivity index (χ1v) is 4.69. The Morgan fingerprint density at radius 3 is 2.46 bits per heavy atom. The van der Waals surface area contributed by atoms with E-state index in [1.54, 1.807) is 0 Å². The molecule has 0 N–H and O–H groups in total. The first-order valence-electron chi connectivity index (χ1n) is 3.13. The summed E-state index contributed by atoms with van der Waals surface area (Å²) in [6, 6.07) is 0. The van der Waals surface area contributed by atoms with Gasteiger partial charge in [0.1, 0.15) is 16.9 Å². The van der Waals surface area contributed by atoms with Crippen molar-refractivity contribution < 1.29 is 17.4 Å². The molecule has 0 unspecified atom stereocenters. The van der Waals surface area contributed by atoms with Crippen molar-refractivity contribution in [2.45, 2.75) is 11.2 Å². The van der Waals surface area contributed by atoms with Gasteiger partial charge in [0.05, 0.1) is 10.8 Å². The molecule has 0 radical (unpaired) electrons.